The van der Waals surface area contributed by atoms with E-state index >= 15 is 0 Å². The lowest BCUT2D eigenvalue weighted by atomic mass is 9.94. The molecule has 1 aliphatic rings. The van der Waals surface area contributed by atoms with Crippen molar-refractivity contribution in [3.05, 3.63) is 76.6 Å². The van der Waals surface area contributed by atoms with Gasteiger partial charge >= 0.3 is 0 Å². The molecule has 2 aromatic carbocycles. The van der Waals surface area contributed by atoms with Crippen molar-refractivity contribution in [2.24, 2.45) is 5.92 Å². The number of amides is 1. The maximum Gasteiger partial charge on any atom is 0.246 e. The largest absolute Gasteiger partial charge is 0.339 e. The second-order valence-corrected chi connectivity index (χ2v) is 8.09. The number of aromatic nitrogens is 2. The summed E-state index contributed by atoms with van der Waals surface area (Å²) in [6.45, 7) is 3.49. The number of hydrogen-bond acceptors (Lipinski definition) is 4. The molecule has 0 spiro atoms. The minimum absolute atomic E-state index is 0.00532. The van der Waals surface area contributed by atoms with Crippen molar-refractivity contribution >= 4 is 23.6 Å². The Kier molecular flexibility index (Phi) is 6.29. The quantitative estimate of drug-likeness (QED) is 0.532. The standard InChI is InChI=1S/C24H24ClN3O2/c1-17-7-2-4-10-20(17)24-26-22(30-27-24)15-18-8-6-14-28(16-18)23(29)13-12-19-9-3-5-11-21(19)25/h2-5,7,9-13,18H,6,8,14-16H2,1H3/b13-12+. The number of aryl methyl sites for hydroxylation is 1. The van der Waals surface area contributed by atoms with Crippen LogP contribution in [0.4, 0.5) is 0 Å². The van der Waals surface area contributed by atoms with Crippen LogP contribution in [0.2, 0.25) is 5.02 Å². The normalized spacial score (nSPS) is 16.9. The highest BCUT2D eigenvalue weighted by atomic mass is 35.5. The number of carbonyl (C=O) groups is 1. The number of halogens is 1. The molecular weight excluding hydrogens is 398 g/mol. The number of carbonyl (C=O) groups excluding carboxylic acids is 1. The van der Waals surface area contributed by atoms with E-state index in [1.165, 1.54) is 0 Å². The predicted molar refractivity (Wildman–Crippen MR) is 118 cm³/mol. The van der Waals surface area contributed by atoms with Crippen LogP contribution in [0.1, 0.15) is 29.9 Å². The zero-order valence-electron chi connectivity index (χ0n) is 16.9. The van der Waals surface area contributed by atoms with E-state index in [-0.39, 0.29) is 5.91 Å². The summed E-state index contributed by atoms with van der Waals surface area (Å²) in [5.74, 6) is 1.56. The van der Waals surface area contributed by atoms with Gasteiger partial charge in [0, 0.05) is 36.2 Å². The molecular formula is C24H24ClN3O2. The Bertz CT molecular complexity index is 1060. The van der Waals surface area contributed by atoms with Crippen molar-refractivity contribution in [2.75, 3.05) is 13.1 Å². The van der Waals surface area contributed by atoms with E-state index in [0.717, 1.165) is 36.1 Å². The summed E-state index contributed by atoms with van der Waals surface area (Å²) >= 11 is 6.16. The van der Waals surface area contributed by atoms with Gasteiger partial charge in [0.2, 0.25) is 17.6 Å². The van der Waals surface area contributed by atoms with Crippen LogP contribution in [0.5, 0.6) is 0 Å². The van der Waals surface area contributed by atoms with Crippen molar-refractivity contribution in [3.8, 4) is 11.4 Å². The van der Waals surface area contributed by atoms with Crippen molar-refractivity contribution in [1.29, 1.82) is 0 Å². The predicted octanol–water partition coefficient (Wildman–Crippen LogP) is 5.19. The number of benzene rings is 2. The fourth-order valence-electron chi connectivity index (χ4n) is 3.83. The Morgan fingerprint density at radius 3 is 2.87 bits per heavy atom. The lowest BCUT2D eigenvalue weighted by Crippen LogP contribution is -2.39. The van der Waals surface area contributed by atoms with Crippen LogP contribution < -0.4 is 0 Å². The molecule has 0 aliphatic carbocycles. The Hall–Kier alpha value is -2.92. The molecule has 6 heteroatoms. The highest BCUT2D eigenvalue weighted by Crippen LogP contribution is 2.24. The lowest BCUT2D eigenvalue weighted by molar-refractivity contribution is -0.127. The van der Waals surface area contributed by atoms with Gasteiger partial charge in [-0.05, 0) is 49.0 Å². The van der Waals surface area contributed by atoms with E-state index in [4.69, 9.17) is 16.1 Å². The van der Waals surface area contributed by atoms with Gasteiger partial charge in [0.1, 0.15) is 0 Å². The molecule has 1 amide bonds. The molecule has 0 radical (unpaired) electrons. The zero-order chi connectivity index (χ0) is 20.9. The topological polar surface area (TPSA) is 59.2 Å². The molecule has 1 fully saturated rings. The maximum absolute atomic E-state index is 12.7. The Morgan fingerprint density at radius 2 is 2.03 bits per heavy atom. The molecule has 30 heavy (non-hydrogen) atoms. The molecule has 1 atom stereocenters. The summed E-state index contributed by atoms with van der Waals surface area (Å²) < 4.78 is 5.50. The average Bonchev–Trinajstić information content (AvgIpc) is 3.21. The summed E-state index contributed by atoms with van der Waals surface area (Å²) in [5, 5.41) is 4.79. The third-order valence-electron chi connectivity index (χ3n) is 5.46. The first-order chi connectivity index (χ1) is 14.6. The van der Waals surface area contributed by atoms with Crippen LogP contribution in [0.3, 0.4) is 0 Å². The van der Waals surface area contributed by atoms with E-state index in [2.05, 4.69) is 10.1 Å². The SMILES string of the molecule is Cc1ccccc1-c1noc(CC2CCCN(C(=O)/C=C/c3ccccc3Cl)C2)n1. The minimum atomic E-state index is 0.00532. The highest BCUT2D eigenvalue weighted by Gasteiger charge is 2.24. The fraction of sp³-hybridized carbons (Fsp3) is 0.292. The lowest BCUT2D eigenvalue weighted by Gasteiger charge is -2.31. The first-order valence-electron chi connectivity index (χ1n) is 10.2. The van der Waals surface area contributed by atoms with Gasteiger partial charge in [-0.15, -0.1) is 0 Å². The van der Waals surface area contributed by atoms with Crippen molar-refractivity contribution in [2.45, 2.75) is 26.2 Å². The Morgan fingerprint density at radius 1 is 1.23 bits per heavy atom. The molecule has 154 valence electrons. The van der Waals surface area contributed by atoms with Crippen LogP contribution in [-0.4, -0.2) is 34.0 Å². The van der Waals surface area contributed by atoms with E-state index in [1.54, 1.807) is 12.2 Å². The molecule has 2 heterocycles. The molecule has 0 saturated carbocycles. The molecule has 5 nitrogen and oxygen atoms in total. The number of nitrogens with zero attached hydrogens (tertiary/aromatic N) is 3. The molecule has 1 aromatic heterocycles. The van der Waals surface area contributed by atoms with Gasteiger partial charge in [-0.3, -0.25) is 4.79 Å². The van der Waals surface area contributed by atoms with Crippen LogP contribution in [0.25, 0.3) is 17.5 Å². The van der Waals surface area contributed by atoms with Crippen LogP contribution in [0, 0.1) is 12.8 Å². The van der Waals surface area contributed by atoms with Gasteiger partial charge in [-0.25, -0.2) is 0 Å². The highest BCUT2D eigenvalue weighted by molar-refractivity contribution is 6.32. The molecule has 0 N–H and O–H groups in total. The average molecular weight is 422 g/mol. The van der Waals surface area contributed by atoms with Crippen LogP contribution in [0.15, 0.2) is 59.1 Å². The molecule has 4 rings (SSSR count). The molecule has 1 unspecified atom stereocenters. The van der Waals surface area contributed by atoms with E-state index in [1.807, 2.05) is 60.4 Å². The third-order valence-corrected chi connectivity index (χ3v) is 5.80. The molecule has 3 aromatic rings. The maximum atomic E-state index is 12.7. The zero-order valence-corrected chi connectivity index (χ0v) is 17.7. The van der Waals surface area contributed by atoms with Gasteiger partial charge in [-0.2, -0.15) is 4.98 Å². The van der Waals surface area contributed by atoms with Crippen LogP contribution >= 0.6 is 11.6 Å². The van der Waals surface area contributed by atoms with Gasteiger partial charge in [0.05, 0.1) is 0 Å². The van der Waals surface area contributed by atoms with Crippen molar-refractivity contribution in [3.63, 3.8) is 0 Å². The first-order valence-corrected chi connectivity index (χ1v) is 10.6. The summed E-state index contributed by atoms with van der Waals surface area (Å²) in [4.78, 5) is 19.1. The number of rotatable bonds is 5. The Balaban J connectivity index is 1.38. The second-order valence-electron chi connectivity index (χ2n) is 7.68. The van der Waals surface area contributed by atoms with Gasteiger partial charge in [-0.1, -0.05) is 59.2 Å². The number of likely N-dealkylation sites (tertiary alicyclic amines) is 1. The van der Waals surface area contributed by atoms with E-state index in [0.29, 0.717) is 35.6 Å². The van der Waals surface area contributed by atoms with Gasteiger partial charge < -0.3 is 9.42 Å². The molecule has 1 aliphatic heterocycles. The van der Waals surface area contributed by atoms with Gasteiger partial charge in [0.15, 0.2) is 0 Å². The first kappa shape index (κ1) is 20.4. The number of hydrogen-bond donors (Lipinski definition) is 0. The summed E-state index contributed by atoms with van der Waals surface area (Å²) in [7, 11) is 0. The van der Waals surface area contributed by atoms with Gasteiger partial charge in [0.25, 0.3) is 0 Å². The third kappa shape index (κ3) is 4.79. The van der Waals surface area contributed by atoms with Crippen molar-refractivity contribution < 1.29 is 9.32 Å². The monoisotopic (exact) mass is 421 g/mol. The summed E-state index contributed by atoms with van der Waals surface area (Å²) in [6.07, 6.45) is 6.07. The van der Waals surface area contributed by atoms with E-state index < -0.39 is 0 Å². The number of piperidine rings is 1. The minimum Gasteiger partial charge on any atom is -0.339 e. The fourth-order valence-corrected chi connectivity index (χ4v) is 4.03. The van der Waals surface area contributed by atoms with E-state index in [9.17, 15) is 4.79 Å². The Labute approximate surface area is 181 Å². The summed E-state index contributed by atoms with van der Waals surface area (Å²) in [5.41, 5.74) is 2.94. The molecule has 0 bridgehead atoms. The smallest absolute Gasteiger partial charge is 0.246 e. The second kappa shape index (κ2) is 9.26. The van der Waals surface area contributed by atoms with Crippen molar-refractivity contribution in [1.82, 2.24) is 15.0 Å². The summed E-state index contributed by atoms with van der Waals surface area (Å²) in [6, 6.07) is 15.5. The molecule has 1 saturated heterocycles. The van der Waals surface area contributed by atoms with Crippen LogP contribution in [-0.2, 0) is 11.2 Å².